The molecule has 6 heteroatoms. The van der Waals surface area contributed by atoms with E-state index in [4.69, 9.17) is 4.74 Å². The maximum absolute atomic E-state index is 10.7. The van der Waals surface area contributed by atoms with Crippen LogP contribution in [-0.2, 0) is 6.42 Å². The average Bonchev–Trinajstić information content (AvgIpc) is 3.00. The third-order valence-corrected chi connectivity index (χ3v) is 5.38. The number of aliphatic hydroxyl groups is 1. The molecule has 0 aliphatic carbocycles. The van der Waals surface area contributed by atoms with Crippen LogP contribution in [0, 0.1) is 13.8 Å². The molecule has 0 saturated carbocycles. The number of benzene rings is 1. The number of aromatic nitrogens is 2. The van der Waals surface area contributed by atoms with Gasteiger partial charge < -0.3 is 14.7 Å². The topological polar surface area (TPSA) is 61.7 Å². The molecular formula is C21H28N4O2. The molecule has 0 amide bonds. The van der Waals surface area contributed by atoms with E-state index in [2.05, 4.69) is 32.8 Å². The standard InChI is InChI=1S/C21H28N4O2/c1-14-10-21(23-16(3)22-14)25-8-6-24(7-9-25)13-19(26)17-4-5-20-18(12-17)11-15(2)27-20/h4-5,10,12,15,19,26H,6-9,11,13H2,1-3H3. The van der Waals surface area contributed by atoms with Crippen molar-refractivity contribution in [2.45, 2.75) is 39.4 Å². The Bertz CT molecular complexity index is 798. The maximum atomic E-state index is 10.7. The predicted octanol–water partition coefficient (Wildman–Crippen LogP) is 2.27. The SMILES string of the molecule is Cc1cc(N2CCN(CC(O)c3ccc4c(c3)CC(C)O4)CC2)nc(C)n1. The summed E-state index contributed by atoms with van der Waals surface area (Å²) in [6.07, 6.45) is 0.683. The third-order valence-electron chi connectivity index (χ3n) is 5.38. The molecule has 1 saturated heterocycles. The molecule has 2 aromatic rings. The van der Waals surface area contributed by atoms with Crippen LogP contribution in [0.2, 0.25) is 0 Å². The number of aliphatic hydroxyl groups excluding tert-OH is 1. The first-order chi connectivity index (χ1) is 13.0. The summed E-state index contributed by atoms with van der Waals surface area (Å²) in [4.78, 5) is 13.6. The number of fused-ring (bicyclic) bond motifs is 1. The van der Waals surface area contributed by atoms with Gasteiger partial charge in [-0.1, -0.05) is 6.07 Å². The molecule has 6 nitrogen and oxygen atoms in total. The minimum atomic E-state index is -0.471. The molecule has 0 radical (unpaired) electrons. The van der Waals surface area contributed by atoms with Gasteiger partial charge in [0.05, 0.1) is 6.10 Å². The van der Waals surface area contributed by atoms with Crippen molar-refractivity contribution in [2.24, 2.45) is 0 Å². The fourth-order valence-electron chi connectivity index (χ4n) is 4.02. The van der Waals surface area contributed by atoms with E-state index in [1.807, 2.05) is 32.0 Å². The van der Waals surface area contributed by atoms with Gasteiger partial charge in [-0.25, -0.2) is 9.97 Å². The Labute approximate surface area is 160 Å². The Morgan fingerprint density at radius 1 is 1.15 bits per heavy atom. The molecule has 4 rings (SSSR count). The quantitative estimate of drug-likeness (QED) is 0.893. The molecule has 2 atom stereocenters. The fraction of sp³-hybridized carbons (Fsp3) is 0.524. The average molecular weight is 368 g/mol. The molecule has 1 aromatic heterocycles. The number of hydrogen-bond donors (Lipinski definition) is 1. The Kier molecular flexibility index (Phi) is 5.02. The molecule has 1 aromatic carbocycles. The second-order valence-electron chi connectivity index (χ2n) is 7.72. The molecule has 2 aliphatic rings. The van der Waals surface area contributed by atoms with Crippen molar-refractivity contribution in [3.63, 3.8) is 0 Å². The number of rotatable bonds is 4. The van der Waals surface area contributed by atoms with E-state index in [1.165, 1.54) is 5.56 Å². The lowest BCUT2D eigenvalue weighted by atomic mass is 10.0. The number of piperazine rings is 1. The summed E-state index contributed by atoms with van der Waals surface area (Å²) in [7, 11) is 0. The molecule has 2 aliphatic heterocycles. The van der Waals surface area contributed by atoms with E-state index in [9.17, 15) is 5.11 Å². The van der Waals surface area contributed by atoms with Crippen molar-refractivity contribution >= 4 is 5.82 Å². The van der Waals surface area contributed by atoms with E-state index in [0.717, 1.165) is 61.2 Å². The lowest BCUT2D eigenvalue weighted by molar-refractivity contribution is 0.109. The van der Waals surface area contributed by atoms with Crippen LogP contribution in [0.1, 0.15) is 35.7 Å². The summed E-state index contributed by atoms with van der Waals surface area (Å²) < 4.78 is 5.75. The molecule has 144 valence electrons. The normalized spacial score (nSPS) is 21.0. The number of ether oxygens (including phenoxy) is 1. The van der Waals surface area contributed by atoms with E-state index in [0.29, 0.717) is 6.54 Å². The molecule has 1 N–H and O–H groups in total. The van der Waals surface area contributed by atoms with Crippen LogP contribution in [-0.4, -0.2) is 58.8 Å². The zero-order chi connectivity index (χ0) is 19.0. The van der Waals surface area contributed by atoms with Crippen LogP contribution in [0.3, 0.4) is 0 Å². The summed E-state index contributed by atoms with van der Waals surface area (Å²) >= 11 is 0. The van der Waals surface area contributed by atoms with Crippen molar-refractivity contribution in [2.75, 3.05) is 37.6 Å². The highest BCUT2D eigenvalue weighted by Gasteiger charge is 2.23. The second kappa shape index (κ2) is 7.44. The number of nitrogens with zero attached hydrogens (tertiary/aromatic N) is 4. The molecule has 0 spiro atoms. The first kappa shape index (κ1) is 18.2. The smallest absolute Gasteiger partial charge is 0.132 e. The number of anilines is 1. The van der Waals surface area contributed by atoms with Gasteiger partial charge in [0.25, 0.3) is 0 Å². The summed E-state index contributed by atoms with van der Waals surface area (Å²) in [5.74, 6) is 2.79. The lowest BCUT2D eigenvalue weighted by Gasteiger charge is -2.36. The van der Waals surface area contributed by atoms with E-state index in [1.54, 1.807) is 0 Å². The lowest BCUT2D eigenvalue weighted by Crippen LogP contribution is -2.47. The number of β-amino-alcohol motifs (C(OH)–C–C–N with tert-alkyl or cyclic N) is 1. The van der Waals surface area contributed by atoms with Gasteiger partial charge in [-0.15, -0.1) is 0 Å². The van der Waals surface area contributed by atoms with Crippen molar-refractivity contribution in [3.05, 3.63) is 46.9 Å². The highest BCUT2D eigenvalue weighted by Crippen LogP contribution is 2.31. The third kappa shape index (κ3) is 4.06. The van der Waals surface area contributed by atoms with Crippen molar-refractivity contribution in [3.8, 4) is 5.75 Å². The summed E-state index contributed by atoms with van der Waals surface area (Å²) in [6.45, 7) is 10.4. The molecule has 27 heavy (non-hydrogen) atoms. The van der Waals surface area contributed by atoms with E-state index >= 15 is 0 Å². The van der Waals surface area contributed by atoms with Gasteiger partial charge in [0, 0.05) is 50.9 Å². The van der Waals surface area contributed by atoms with Crippen LogP contribution >= 0.6 is 0 Å². The molecule has 0 bridgehead atoms. The summed E-state index contributed by atoms with van der Waals surface area (Å²) in [5.41, 5.74) is 3.19. The van der Waals surface area contributed by atoms with Gasteiger partial charge in [0.2, 0.25) is 0 Å². The number of aryl methyl sites for hydroxylation is 2. The van der Waals surface area contributed by atoms with Crippen LogP contribution < -0.4 is 9.64 Å². The van der Waals surface area contributed by atoms with Gasteiger partial charge in [0.15, 0.2) is 0 Å². The van der Waals surface area contributed by atoms with Gasteiger partial charge in [-0.05, 0) is 44.0 Å². The fourth-order valence-corrected chi connectivity index (χ4v) is 4.02. The Morgan fingerprint density at radius 3 is 2.67 bits per heavy atom. The van der Waals surface area contributed by atoms with Crippen molar-refractivity contribution in [1.29, 1.82) is 0 Å². The van der Waals surface area contributed by atoms with Gasteiger partial charge in [0.1, 0.15) is 23.5 Å². The minimum Gasteiger partial charge on any atom is -0.490 e. The molecule has 1 fully saturated rings. The minimum absolute atomic E-state index is 0.231. The summed E-state index contributed by atoms with van der Waals surface area (Å²) in [6, 6.07) is 8.14. The Balaban J connectivity index is 1.34. The van der Waals surface area contributed by atoms with E-state index < -0.39 is 6.10 Å². The van der Waals surface area contributed by atoms with Crippen LogP contribution in [0.4, 0.5) is 5.82 Å². The first-order valence-corrected chi connectivity index (χ1v) is 9.75. The van der Waals surface area contributed by atoms with Crippen LogP contribution in [0.15, 0.2) is 24.3 Å². The second-order valence-corrected chi connectivity index (χ2v) is 7.72. The molecule has 3 heterocycles. The van der Waals surface area contributed by atoms with Crippen molar-refractivity contribution < 1.29 is 9.84 Å². The zero-order valence-electron chi connectivity index (χ0n) is 16.4. The van der Waals surface area contributed by atoms with E-state index in [-0.39, 0.29) is 6.10 Å². The van der Waals surface area contributed by atoms with Gasteiger partial charge in [-0.3, -0.25) is 4.90 Å². The Morgan fingerprint density at radius 2 is 1.93 bits per heavy atom. The molecular weight excluding hydrogens is 340 g/mol. The highest BCUT2D eigenvalue weighted by molar-refractivity contribution is 5.42. The number of hydrogen-bond acceptors (Lipinski definition) is 6. The van der Waals surface area contributed by atoms with Crippen molar-refractivity contribution in [1.82, 2.24) is 14.9 Å². The maximum Gasteiger partial charge on any atom is 0.132 e. The highest BCUT2D eigenvalue weighted by atomic mass is 16.5. The van der Waals surface area contributed by atoms with Gasteiger partial charge >= 0.3 is 0 Å². The van der Waals surface area contributed by atoms with Crippen LogP contribution in [0.5, 0.6) is 5.75 Å². The zero-order valence-corrected chi connectivity index (χ0v) is 16.4. The Hall–Kier alpha value is -2.18. The largest absolute Gasteiger partial charge is 0.490 e. The first-order valence-electron chi connectivity index (χ1n) is 9.75. The predicted molar refractivity (Wildman–Crippen MR) is 105 cm³/mol. The monoisotopic (exact) mass is 368 g/mol. The van der Waals surface area contributed by atoms with Crippen LogP contribution in [0.25, 0.3) is 0 Å². The molecule has 2 unspecified atom stereocenters. The van der Waals surface area contributed by atoms with Gasteiger partial charge in [-0.2, -0.15) is 0 Å². The summed E-state index contributed by atoms with van der Waals surface area (Å²) in [5, 5.41) is 10.7.